The largest absolute Gasteiger partial charge is 0.459 e. The summed E-state index contributed by atoms with van der Waals surface area (Å²) in [5.41, 5.74) is 0.244. The van der Waals surface area contributed by atoms with E-state index in [-0.39, 0.29) is 6.54 Å². The van der Waals surface area contributed by atoms with Crippen molar-refractivity contribution in [3.05, 3.63) is 96.5 Å². The third kappa shape index (κ3) is 4.81. The molecule has 152 valence electrons. The Labute approximate surface area is 171 Å². The average molecular weight is 410 g/mol. The number of ether oxygens (including phenoxy) is 1. The highest BCUT2D eigenvalue weighted by Gasteiger charge is 2.32. The van der Waals surface area contributed by atoms with E-state index >= 15 is 0 Å². The van der Waals surface area contributed by atoms with Crippen LogP contribution in [0, 0.1) is 0 Å². The van der Waals surface area contributed by atoms with E-state index in [4.69, 9.17) is 9.15 Å². The van der Waals surface area contributed by atoms with Crippen LogP contribution in [0.5, 0.6) is 11.5 Å². The van der Waals surface area contributed by atoms with Gasteiger partial charge < -0.3 is 14.5 Å². The molecule has 1 N–H and O–H groups in total. The Morgan fingerprint density at radius 3 is 2.33 bits per heavy atom. The number of nitrogens with zero attached hydrogens (tertiary/aromatic N) is 1. The molecule has 4 nitrogen and oxygen atoms in total. The number of aromatic nitrogens is 1. The Morgan fingerprint density at radius 2 is 1.60 bits per heavy atom. The minimum Gasteiger partial charge on any atom is -0.459 e. The van der Waals surface area contributed by atoms with Crippen LogP contribution >= 0.6 is 0 Å². The molecule has 2 aromatic carbocycles. The lowest BCUT2D eigenvalue weighted by Crippen LogP contribution is -2.08. The average Bonchev–Trinajstić information content (AvgIpc) is 3.22. The summed E-state index contributed by atoms with van der Waals surface area (Å²) in [4.78, 5) is 3.34. The second-order valence-electron chi connectivity index (χ2n) is 6.49. The van der Waals surface area contributed by atoms with Crippen molar-refractivity contribution in [2.24, 2.45) is 0 Å². The number of hydrogen-bond donors (Lipinski definition) is 1. The van der Waals surface area contributed by atoms with E-state index in [0.29, 0.717) is 23.0 Å². The minimum atomic E-state index is -4.48. The van der Waals surface area contributed by atoms with Gasteiger partial charge in [-0.3, -0.25) is 4.98 Å². The summed E-state index contributed by atoms with van der Waals surface area (Å²) in [7, 11) is 0. The van der Waals surface area contributed by atoms with Crippen LogP contribution in [0.4, 0.5) is 18.9 Å². The molecule has 0 saturated heterocycles. The van der Waals surface area contributed by atoms with Gasteiger partial charge in [0.25, 0.3) is 0 Å². The van der Waals surface area contributed by atoms with Crippen LogP contribution in [0.1, 0.15) is 11.5 Å². The summed E-state index contributed by atoms with van der Waals surface area (Å²) in [5, 5.41) is 2.92. The van der Waals surface area contributed by atoms with E-state index in [9.17, 15) is 13.2 Å². The number of benzene rings is 2. The molecule has 0 unspecified atom stereocenters. The molecule has 0 aliphatic heterocycles. The van der Waals surface area contributed by atoms with Gasteiger partial charge in [-0.05, 0) is 60.7 Å². The Balaban J connectivity index is 1.39. The summed E-state index contributed by atoms with van der Waals surface area (Å²) in [6, 6.07) is 23.0. The zero-order valence-electron chi connectivity index (χ0n) is 15.7. The maximum Gasteiger partial charge on any atom is 0.433 e. The SMILES string of the molecule is FC(F)(F)c1cc(NCc2ccc(-c3ccc(Oc4ccccc4)cc3)o2)ccn1. The lowest BCUT2D eigenvalue weighted by atomic mass is 10.2. The maximum absolute atomic E-state index is 12.8. The molecule has 2 aromatic heterocycles. The van der Waals surface area contributed by atoms with E-state index in [0.717, 1.165) is 23.6 Å². The third-order valence-electron chi connectivity index (χ3n) is 4.30. The van der Waals surface area contributed by atoms with Crippen LogP contribution < -0.4 is 10.1 Å². The van der Waals surface area contributed by atoms with Crippen molar-refractivity contribution in [2.75, 3.05) is 5.32 Å². The van der Waals surface area contributed by atoms with E-state index in [2.05, 4.69) is 10.3 Å². The molecule has 0 aliphatic carbocycles. The summed E-state index contributed by atoms with van der Waals surface area (Å²) in [6.45, 7) is 0.247. The predicted octanol–water partition coefficient (Wildman–Crippen LogP) is 6.76. The lowest BCUT2D eigenvalue weighted by molar-refractivity contribution is -0.141. The summed E-state index contributed by atoms with van der Waals surface area (Å²) >= 11 is 0. The number of alkyl halides is 3. The van der Waals surface area contributed by atoms with Crippen molar-refractivity contribution in [1.82, 2.24) is 4.98 Å². The second kappa shape index (κ2) is 8.32. The Morgan fingerprint density at radius 1 is 0.867 bits per heavy atom. The van der Waals surface area contributed by atoms with Gasteiger partial charge in [-0.25, -0.2) is 0 Å². The fourth-order valence-electron chi connectivity index (χ4n) is 2.82. The van der Waals surface area contributed by atoms with Crippen molar-refractivity contribution in [3.63, 3.8) is 0 Å². The molecule has 0 atom stereocenters. The van der Waals surface area contributed by atoms with E-state index in [1.54, 1.807) is 6.07 Å². The molecule has 0 radical (unpaired) electrons. The number of pyridine rings is 1. The van der Waals surface area contributed by atoms with Crippen molar-refractivity contribution in [3.8, 4) is 22.8 Å². The molecule has 0 aliphatic rings. The highest BCUT2D eigenvalue weighted by molar-refractivity contribution is 5.59. The maximum atomic E-state index is 12.8. The fourth-order valence-corrected chi connectivity index (χ4v) is 2.82. The van der Waals surface area contributed by atoms with Gasteiger partial charge in [0.15, 0.2) is 0 Å². The van der Waals surface area contributed by atoms with Gasteiger partial charge >= 0.3 is 6.18 Å². The number of halogens is 3. The van der Waals surface area contributed by atoms with Gasteiger partial charge in [-0.1, -0.05) is 18.2 Å². The quantitative estimate of drug-likeness (QED) is 0.381. The van der Waals surface area contributed by atoms with Crippen LogP contribution in [0.2, 0.25) is 0 Å². The molecular weight excluding hydrogens is 393 g/mol. The van der Waals surface area contributed by atoms with Crippen molar-refractivity contribution >= 4 is 5.69 Å². The lowest BCUT2D eigenvalue weighted by Gasteiger charge is -2.09. The summed E-state index contributed by atoms with van der Waals surface area (Å²) in [6.07, 6.45) is -3.36. The van der Waals surface area contributed by atoms with Gasteiger partial charge in [-0.2, -0.15) is 13.2 Å². The van der Waals surface area contributed by atoms with Gasteiger partial charge in [0.05, 0.1) is 6.54 Å². The first-order chi connectivity index (χ1) is 14.5. The summed E-state index contributed by atoms with van der Waals surface area (Å²) < 4.78 is 49.8. The predicted molar refractivity (Wildman–Crippen MR) is 107 cm³/mol. The van der Waals surface area contributed by atoms with E-state index in [1.165, 1.54) is 6.07 Å². The smallest absolute Gasteiger partial charge is 0.433 e. The standard InChI is InChI=1S/C23H17F3N2O2/c24-23(25,26)22-14-17(12-13-27-22)28-15-20-10-11-21(30-20)16-6-8-19(9-7-16)29-18-4-2-1-3-5-18/h1-14H,15H2,(H,27,28). The highest BCUT2D eigenvalue weighted by Crippen LogP contribution is 2.30. The molecule has 0 saturated carbocycles. The first-order valence-electron chi connectivity index (χ1n) is 9.16. The van der Waals surface area contributed by atoms with Crippen molar-refractivity contribution in [1.29, 1.82) is 0 Å². The van der Waals surface area contributed by atoms with Crippen LogP contribution in [0.3, 0.4) is 0 Å². The fraction of sp³-hybridized carbons (Fsp3) is 0.0870. The number of nitrogens with one attached hydrogen (secondary N) is 1. The number of para-hydroxylation sites is 1. The third-order valence-corrected chi connectivity index (χ3v) is 4.30. The van der Waals surface area contributed by atoms with E-state index < -0.39 is 11.9 Å². The Kier molecular flexibility index (Phi) is 5.43. The Bertz CT molecular complexity index is 1110. The van der Waals surface area contributed by atoms with Crippen LogP contribution in [-0.4, -0.2) is 4.98 Å². The van der Waals surface area contributed by atoms with Gasteiger partial charge in [0.2, 0.25) is 0 Å². The normalized spacial score (nSPS) is 11.3. The Hall–Kier alpha value is -3.74. The van der Waals surface area contributed by atoms with Crippen LogP contribution in [0.15, 0.2) is 89.5 Å². The number of anilines is 1. The zero-order valence-corrected chi connectivity index (χ0v) is 15.7. The topological polar surface area (TPSA) is 47.3 Å². The molecule has 0 bridgehead atoms. The molecule has 4 rings (SSSR count). The molecule has 7 heteroatoms. The zero-order chi connectivity index (χ0) is 21.0. The highest BCUT2D eigenvalue weighted by atomic mass is 19.4. The van der Waals surface area contributed by atoms with Crippen molar-refractivity contribution < 1.29 is 22.3 Å². The van der Waals surface area contributed by atoms with Gasteiger partial charge in [0, 0.05) is 17.4 Å². The van der Waals surface area contributed by atoms with Gasteiger partial charge in [0.1, 0.15) is 28.7 Å². The molecule has 0 amide bonds. The molecule has 0 spiro atoms. The first-order valence-corrected chi connectivity index (χ1v) is 9.16. The first kappa shape index (κ1) is 19.6. The molecule has 30 heavy (non-hydrogen) atoms. The second-order valence-corrected chi connectivity index (χ2v) is 6.49. The molecule has 0 fully saturated rings. The van der Waals surface area contributed by atoms with Crippen molar-refractivity contribution in [2.45, 2.75) is 12.7 Å². The number of rotatable bonds is 6. The van der Waals surface area contributed by atoms with Gasteiger partial charge in [-0.15, -0.1) is 0 Å². The van der Waals surface area contributed by atoms with Crippen LogP contribution in [-0.2, 0) is 12.7 Å². The molecule has 4 aromatic rings. The molecular formula is C23H17F3N2O2. The molecule has 2 heterocycles. The minimum absolute atomic E-state index is 0.247. The van der Waals surface area contributed by atoms with E-state index in [1.807, 2.05) is 60.7 Å². The number of hydrogen-bond acceptors (Lipinski definition) is 4. The summed E-state index contributed by atoms with van der Waals surface area (Å²) in [5.74, 6) is 2.71. The van der Waals surface area contributed by atoms with Crippen LogP contribution in [0.25, 0.3) is 11.3 Å². The number of furan rings is 1. The monoisotopic (exact) mass is 410 g/mol.